The molecule has 1 fully saturated rings. The Labute approximate surface area is 101 Å². The van der Waals surface area contributed by atoms with Crippen LogP contribution in [-0.4, -0.2) is 44.5 Å². The Morgan fingerprint density at radius 1 is 1.24 bits per heavy atom. The van der Waals surface area contributed by atoms with Crippen LogP contribution in [0.1, 0.15) is 44.3 Å². The van der Waals surface area contributed by atoms with Crippen LogP contribution in [0.25, 0.3) is 0 Å². The molecule has 0 aliphatic carbocycles. The summed E-state index contributed by atoms with van der Waals surface area (Å²) in [5, 5.41) is 13.8. The van der Waals surface area contributed by atoms with Gasteiger partial charge in [-0.05, 0) is 19.3 Å². The van der Waals surface area contributed by atoms with E-state index in [2.05, 4.69) is 20.6 Å². The molecule has 1 aliphatic heterocycles. The van der Waals surface area contributed by atoms with Crippen LogP contribution >= 0.6 is 0 Å². The molecule has 0 bridgehead atoms. The number of likely N-dealkylation sites (tertiary alicyclic amines) is 1. The first kappa shape index (κ1) is 12.0. The predicted molar refractivity (Wildman–Crippen MR) is 62.2 cm³/mol. The molecule has 0 aromatic carbocycles. The van der Waals surface area contributed by atoms with Crippen LogP contribution in [0.2, 0.25) is 0 Å². The van der Waals surface area contributed by atoms with Gasteiger partial charge in [-0.2, -0.15) is 5.21 Å². The van der Waals surface area contributed by atoms with E-state index in [1.165, 1.54) is 6.42 Å². The Bertz CT molecular complexity index is 338. The molecule has 1 aromatic heterocycles. The van der Waals surface area contributed by atoms with Crippen molar-refractivity contribution in [3.8, 4) is 0 Å². The average molecular weight is 237 g/mol. The summed E-state index contributed by atoms with van der Waals surface area (Å²) in [6, 6.07) is 0. The van der Waals surface area contributed by atoms with Gasteiger partial charge >= 0.3 is 0 Å². The Morgan fingerprint density at radius 2 is 2.12 bits per heavy atom. The number of nitrogens with one attached hydrogen (secondary N) is 1. The number of unbranched alkanes of at least 4 members (excludes halogenated alkanes) is 3. The van der Waals surface area contributed by atoms with E-state index in [4.69, 9.17) is 0 Å². The molecule has 1 aliphatic rings. The molecule has 94 valence electrons. The third-order valence-electron chi connectivity index (χ3n) is 3.14. The van der Waals surface area contributed by atoms with E-state index in [1.54, 1.807) is 0 Å². The number of hydrogen-bond acceptors (Lipinski definition) is 4. The van der Waals surface area contributed by atoms with Crippen LogP contribution < -0.4 is 0 Å². The highest BCUT2D eigenvalue weighted by Crippen LogP contribution is 2.11. The van der Waals surface area contributed by atoms with Gasteiger partial charge in [0.25, 0.3) is 0 Å². The summed E-state index contributed by atoms with van der Waals surface area (Å²) in [5.74, 6) is 1.12. The zero-order valence-electron chi connectivity index (χ0n) is 10.1. The lowest BCUT2D eigenvalue weighted by Crippen LogP contribution is -2.25. The van der Waals surface area contributed by atoms with Crippen LogP contribution in [0.4, 0.5) is 0 Å². The molecule has 2 heterocycles. The normalized spacial score (nSPS) is 15.8. The number of aromatic nitrogens is 4. The molecule has 17 heavy (non-hydrogen) atoms. The monoisotopic (exact) mass is 237 g/mol. The Kier molecular flexibility index (Phi) is 4.46. The minimum atomic E-state index is 0.330. The molecule has 0 spiro atoms. The first-order valence-corrected chi connectivity index (χ1v) is 6.36. The van der Waals surface area contributed by atoms with E-state index in [9.17, 15) is 4.79 Å². The maximum atomic E-state index is 11.3. The highest BCUT2D eigenvalue weighted by Gasteiger charge is 2.18. The summed E-state index contributed by atoms with van der Waals surface area (Å²) < 4.78 is 0. The summed E-state index contributed by atoms with van der Waals surface area (Å²) in [7, 11) is 0. The predicted octanol–water partition coefficient (Wildman–Crippen LogP) is 0.925. The largest absolute Gasteiger partial charge is 0.343 e. The minimum absolute atomic E-state index is 0.330. The zero-order chi connectivity index (χ0) is 11.9. The molecule has 6 heteroatoms. The van der Waals surface area contributed by atoms with Gasteiger partial charge in [-0.15, -0.1) is 10.2 Å². The van der Waals surface area contributed by atoms with Gasteiger partial charge in [0.1, 0.15) is 0 Å². The summed E-state index contributed by atoms with van der Waals surface area (Å²) in [6.07, 6.45) is 7.21. The lowest BCUT2D eigenvalue weighted by atomic mass is 10.1. The fraction of sp³-hybridized carbons (Fsp3) is 0.818. The summed E-state index contributed by atoms with van der Waals surface area (Å²) in [5.41, 5.74) is 0. The first-order valence-electron chi connectivity index (χ1n) is 6.36. The number of carbonyl (C=O) groups is 1. The van der Waals surface area contributed by atoms with Crippen LogP contribution in [0, 0.1) is 0 Å². The Morgan fingerprint density at radius 3 is 2.82 bits per heavy atom. The molecule has 0 radical (unpaired) electrons. The Balaban J connectivity index is 1.48. The second-order valence-corrected chi connectivity index (χ2v) is 4.48. The topological polar surface area (TPSA) is 74.8 Å². The van der Waals surface area contributed by atoms with E-state index in [-0.39, 0.29) is 0 Å². The van der Waals surface area contributed by atoms with Gasteiger partial charge in [0, 0.05) is 25.9 Å². The van der Waals surface area contributed by atoms with Crippen molar-refractivity contribution in [2.75, 3.05) is 13.1 Å². The van der Waals surface area contributed by atoms with Crippen molar-refractivity contribution in [2.45, 2.75) is 44.9 Å². The number of hydrogen-bond donors (Lipinski definition) is 1. The van der Waals surface area contributed by atoms with E-state index in [0.29, 0.717) is 5.91 Å². The molecule has 1 saturated heterocycles. The number of amides is 1. The molecule has 6 nitrogen and oxygen atoms in total. The summed E-state index contributed by atoms with van der Waals surface area (Å²) in [6.45, 7) is 1.89. The van der Waals surface area contributed by atoms with Gasteiger partial charge < -0.3 is 4.90 Å². The molecular formula is C11H19N5O. The fourth-order valence-corrected chi connectivity index (χ4v) is 2.17. The van der Waals surface area contributed by atoms with Crippen molar-refractivity contribution in [3.63, 3.8) is 0 Å². The molecular weight excluding hydrogens is 218 g/mol. The van der Waals surface area contributed by atoms with E-state index in [0.717, 1.165) is 57.4 Å². The third kappa shape index (κ3) is 3.80. The molecule has 1 N–H and O–H groups in total. The third-order valence-corrected chi connectivity index (χ3v) is 3.14. The standard InChI is InChI=1S/C11H19N5O/c17-11-7-5-9-16(11)8-4-2-1-3-6-10-12-14-15-13-10/h1-9H2,(H,12,13,14,15). The van der Waals surface area contributed by atoms with Crippen LogP contribution in [-0.2, 0) is 11.2 Å². The van der Waals surface area contributed by atoms with Crippen molar-refractivity contribution in [1.82, 2.24) is 25.5 Å². The number of aromatic amines is 1. The van der Waals surface area contributed by atoms with Gasteiger partial charge in [-0.3, -0.25) is 4.79 Å². The summed E-state index contributed by atoms with van der Waals surface area (Å²) in [4.78, 5) is 13.3. The highest BCUT2D eigenvalue weighted by molar-refractivity contribution is 5.77. The van der Waals surface area contributed by atoms with E-state index >= 15 is 0 Å². The number of aryl methyl sites for hydroxylation is 1. The zero-order valence-corrected chi connectivity index (χ0v) is 10.1. The van der Waals surface area contributed by atoms with Gasteiger partial charge in [0.15, 0.2) is 5.82 Å². The number of rotatable bonds is 7. The van der Waals surface area contributed by atoms with Crippen LogP contribution in [0.3, 0.4) is 0 Å². The van der Waals surface area contributed by atoms with Crippen molar-refractivity contribution in [3.05, 3.63) is 5.82 Å². The molecule has 1 amide bonds. The van der Waals surface area contributed by atoms with Crippen molar-refractivity contribution >= 4 is 5.91 Å². The Hall–Kier alpha value is -1.46. The number of H-pyrrole nitrogens is 1. The number of carbonyl (C=O) groups excluding carboxylic acids is 1. The maximum absolute atomic E-state index is 11.3. The van der Waals surface area contributed by atoms with Crippen molar-refractivity contribution < 1.29 is 4.79 Å². The average Bonchev–Trinajstić information content (AvgIpc) is 2.95. The molecule has 0 unspecified atom stereocenters. The second kappa shape index (κ2) is 6.32. The highest BCUT2D eigenvalue weighted by atomic mass is 16.2. The lowest BCUT2D eigenvalue weighted by Gasteiger charge is -2.14. The van der Waals surface area contributed by atoms with Gasteiger partial charge in [-0.1, -0.05) is 18.1 Å². The quantitative estimate of drug-likeness (QED) is 0.716. The van der Waals surface area contributed by atoms with E-state index < -0.39 is 0 Å². The lowest BCUT2D eigenvalue weighted by molar-refractivity contribution is -0.127. The number of nitrogens with zero attached hydrogens (tertiary/aromatic N) is 4. The van der Waals surface area contributed by atoms with Gasteiger partial charge in [0.2, 0.25) is 5.91 Å². The SMILES string of the molecule is O=C1CCCN1CCCCCCc1nn[nH]n1. The molecule has 0 saturated carbocycles. The molecule has 0 atom stereocenters. The summed E-state index contributed by atoms with van der Waals surface area (Å²) >= 11 is 0. The van der Waals surface area contributed by atoms with Crippen molar-refractivity contribution in [1.29, 1.82) is 0 Å². The smallest absolute Gasteiger partial charge is 0.222 e. The van der Waals surface area contributed by atoms with Crippen molar-refractivity contribution in [2.24, 2.45) is 0 Å². The van der Waals surface area contributed by atoms with Crippen LogP contribution in [0.5, 0.6) is 0 Å². The number of tetrazole rings is 1. The fourth-order valence-electron chi connectivity index (χ4n) is 2.17. The molecule has 1 aromatic rings. The first-order chi connectivity index (χ1) is 8.36. The van der Waals surface area contributed by atoms with Gasteiger partial charge in [0.05, 0.1) is 0 Å². The maximum Gasteiger partial charge on any atom is 0.222 e. The molecule has 2 rings (SSSR count). The second-order valence-electron chi connectivity index (χ2n) is 4.48. The van der Waals surface area contributed by atoms with Crippen LogP contribution in [0.15, 0.2) is 0 Å². The minimum Gasteiger partial charge on any atom is -0.343 e. The van der Waals surface area contributed by atoms with Gasteiger partial charge in [-0.25, -0.2) is 0 Å². The van der Waals surface area contributed by atoms with E-state index in [1.807, 2.05) is 4.90 Å².